The van der Waals surface area contributed by atoms with E-state index < -0.39 is 12.3 Å². The molecule has 2 aromatic rings. The lowest BCUT2D eigenvalue weighted by Crippen LogP contribution is -2.49. The summed E-state index contributed by atoms with van der Waals surface area (Å²) in [6.45, 7) is 0. The molecule has 0 aliphatic carbocycles. The number of fused-ring (bicyclic) bond motifs is 1. The Kier molecular flexibility index (Phi) is 4.07. The normalized spacial score (nSPS) is 22.0. The van der Waals surface area contributed by atoms with E-state index in [1.54, 1.807) is 12.1 Å². The molecule has 0 bridgehead atoms. The van der Waals surface area contributed by atoms with Crippen LogP contribution in [-0.2, 0) is 9.63 Å². The van der Waals surface area contributed by atoms with Crippen molar-refractivity contribution in [3.63, 3.8) is 0 Å². The summed E-state index contributed by atoms with van der Waals surface area (Å²) < 4.78 is 0. The third kappa shape index (κ3) is 3.19. The maximum Gasteiger partial charge on any atom is 0.272 e. The highest BCUT2D eigenvalue weighted by atomic mass is 35.5. The molecule has 2 aliphatic rings. The summed E-state index contributed by atoms with van der Waals surface area (Å²) in [5.74, 6) is -0.250. The first-order chi connectivity index (χ1) is 12.2. The molecule has 1 N–H and O–H groups in total. The second-order valence-corrected chi connectivity index (χ2v) is 6.11. The number of nitrogens with one attached hydrogen (secondary N) is 1. The quantitative estimate of drug-likeness (QED) is 0.923. The van der Waals surface area contributed by atoms with Gasteiger partial charge in [-0.2, -0.15) is 0 Å². The van der Waals surface area contributed by atoms with Crippen LogP contribution in [0.1, 0.15) is 11.1 Å². The van der Waals surface area contributed by atoms with Gasteiger partial charge in [0, 0.05) is 10.6 Å². The molecule has 4 rings (SSSR count). The molecule has 124 valence electrons. The molecule has 1 amide bonds. The number of amides is 1. The number of nitrogens with zero attached hydrogens (tertiary/aromatic N) is 2. The van der Waals surface area contributed by atoms with E-state index >= 15 is 0 Å². The number of aliphatic imine (C=N–C) groups is 1. The van der Waals surface area contributed by atoms with Gasteiger partial charge in [0.15, 0.2) is 0 Å². The van der Waals surface area contributed by atoms with Gasteiger partial charge in [0.2, 0.25) is 6.10 Å². The Balaban J connectivity index is 1.62. The van der Waals surface area contributed by atoms with Gasteiger partial charge in [-0.3, -0.25) is 9.79 Å². The lowest BCUT2D eigenvalue weighted by molar-refractivity contribution is -0.129. The molecule has 2 aliphatic heterocycles. The molecule has 2 heterocycles. The fraction of sp³-hybridized carbons (Fsp3) is 0.105. The van der Waals surface area contributed by atoms with E-state index in [0.29, 0.717) is 16.4 Å². The number of rotatable bonds is 3. The number of hydrogen-bond donors (Lipinski definition) is 1. The number of hydrogen-bond acceptors (Lipinski definition) is 4. The molecular formula is C19H14ClN3O2. The summed E-state index contributed by atoms with van der Waals surface area (Å²) in [7, 11) is 0. The molecular weight excluding hydrogens is 338 g/mol. The molecule has 6 heteroatoms. The van der Waals surface area contributed by atoms with E-state index in [4.69, 9.17) is 16.4 Å². The summed E-state index contributed by atoms with van der Waals surface area (Å²) in [6.07, 6.45) is 2.50. The first kappa shape index (κ1) is 15.6. The molecule has 2 aromatic carbocycles. The van der Waals surface area contributed by atoms with Crippen LogP contribution in [0.15, 0.2) is 70.8 Å². The largest absolute Gasteiger partial charge is 0.375 e. The van der Waals surface area contributed by atoms with Gasteiger partial charge in [-0.15, -0.1) is 0 Å². The van der Waals surface area contributed by atoms with Gasteiger partial charge in [-0.25, -0.2) is 0 Å². The average Bonchev–Trinajstić information content (AvgIpc) is 3.06. The molecule has 2 atom stereocenters. The van der Waals surface area contributed by atoms with E-state index in [-0.39, 0.29) is 5.91 Å². The van der Waals surface area contributed by atoms with Crippen LogP contribution in [0.2, 0.25) is 5.02 Å². The predicted molar refractivity (Wildman–Crippen MR) is 97.7 cm³/mol. The smallest absolute Gasteiger partial charge is 0.272 e. The van der Waals surface area contributed by atoms with Gasteiger partial charge in [0.05, 0.1) is 0 Å². The van der Waals surface area contributed by atoms with Crippen molar-refractivity contribution in [1.29, 1.82) is 0 Å². The maximum atomic E-state index is 12.3. The van der Waals surface area contributed by atoms with Crippen molar-refractivity contribution in [1.82, 2.24) is 5.32 Å². The molecule has 2 unspecified atom stereocenters. The van der Waals surface area contributed by atoms with Crippen molar-refractivity contribution >= 4 is 35.0 Å². The lowest BCUT2D eigenvalue weighted by atomic mass is 10.0. The van der Waals surface area contributed by atoms with Crippen molar-refractivity contribution in [2.24, 2.45) is 10.1 Å². The number of benzene rings is 2. The monoisotopic (exact) mass is 351 g/mol. The first-order valence-corrected chi connectivity index (χ1v) is 8.20. The third-order valence-corrected chi connectivity index (χ3v) is 4.19. The zero-order valence-electron chi connectivity index (χ0n) is 13.1. The molecule has 0 fully saturated rings. The Hall–Kier alpha value is -2.92. The predicted octanol–water partition coefficient (Wildman–Crippen LogP) is 3.05. The van der Waals surface area contributed by atoms with Crippen molar-refractivity contribution in [2.45, 2.75) is 12.3 Å². The number of oxime groups is 1. The van der Waals surface area contributed by atoms with Gasteiger partial charge in [0.25, 0.3) is 5.91 Å². The fourth-order valence-corrected chi connectivity index (χ4v) is 2.82. The average molecular weight is 352 g/mol. The maximum absolute atomic E-state index is 12.3. The second kappa shape index (κ2) is 6.53. The highest BCUT2D eigenvalue weighted by Crippen LogP contribution is 2.20. The highest BCUT2D eigenvalue weighted by Gasteiger charge is 2.40. The molecule has 5 nitrogen and oxygen atoms in total. The Bertz CT molecular complexity index is 889. The minimum atomic E-state index is -0.799. The van der Waals surface area contributed by atoms with E-state index in [1.807, 2.05) is 54.6 Å². The van der Waals surface area contributed by atoms with Crippen LogP contribution in [-0.4, -0.2) is 29.6 Å². The minimum Gasteiger partial charge on any atom is -0.375 e. The Morgan fingerprint density at radius 1 is 1.08 bits per heavy atom. The first-order valence-electron chi connectivity index (χ1n) is 7.82. The highest BCUT2D eigenvalue weighted by molar-refractivity contribution is 6.53. The van der Waals surface area contributed by atoms with Crippen LogP contribution < -0.4 is 5.32 Å². The second-order valence-electron chi connectivity index (χ2n) is 5.67. The topological polar surface area (TPSA) is 63.0 Å². The minimum absolute atomic E-state index is 0.250. The van der Waals surface area contributed by atoms with Gasteiger partial charge < -0.3 is 10.2 Å². The van der Waals surface area contributed by atoms with Crippen LogP contribution in [0.5, 0.6) is 0 Å². The van der Waals surface area contributed by atoms with E-state index in [2.05, 4.69) is 15.5 Å². The van der Waals surface area contributed by atoms with Gasteiger partial charge in [-0.1, -0.05) is 65.3 Å². The molecule has 0 aromatic heterocycles. The SMILES string of the molecule is O=C1NC(/C=C/c2ccccc2)N=C2C(c3ccc(Cl)cc3)=NOC12. The molecule has 0 radical (unpaired) electrons. The molecule has 0 saturated carbocycles. The molecule has 0 saturated heterocycles. The number of carbonyl (C=O) groups excluding carboxylic acids is 1. The van der Waals surface area contributed by atoms with Crippen molar-refractivity contribution in [3.05, 3.63) is 76.8 Å². The number of carbonyl (C=O) groups is 1. The van der Waals surface area contributed by atoms with E-state index in [9.17, 15) is 4.79 Å². The van der Waals surface area contributed by atoms with Crippen LogP contribution in [0.25, 0.3) is 6.08 Å². The molecule has 0 spiro atoms. The van der Waals surface area contributed by atoms with Crippen molar-refractivity contribution in [3.8, 4) is 0 Å². The van der Waals surface area contributed by atoms with Crippen LogP contribution in [0.3, 0.4) is 0 Å². The summed E-state index contributed by atoms with van der Waals surface area (Å²) in [4.78, 5) is 22.1. The summed E-state index contributed by atoms with van der Waals surface area (Å²) >= 11 is 5.93. The van der Waals surface area contributed by atoms with E-state index in [0.717, 1.165) is 11.1 Å². The number of halogens is 1. The van der Waals surface area contributed by atoms with Crippen molar-refractivity contribution < 1.29 is 9.63 Å². The van der Waals surface area contributed by atoms with Crippen LogP contribution in [0, 0.1) is 0 Å². The van der Waals surface area contributed by atoms with E-state index in [1.165, 1.54) is 0 Å². The zero-order valence-corrected chi connectivity index (χ0v) is 13.9. The Labute approximate surface area is 149 Å². The summed E-state index contributed by atoms with van der Waals surface area (Å²) in [6, 6.07) is 17.0. The third-order valence-electron chi connectivity index (χ3n) is 3.94. The van der Waals surface area contributed by atoms with Gasteiger partial charge >= 0.3 is 0 Å². The zero-order chi connectivity index (χ0) is 17.2. The Morgan fingerprint density at radius 3 is 2.60 bits per heavy atom. The van der Waals surface area contributed by atoms with Gasteiger partial charge in [0.1, 0.15) is 17.6 Å². The summed E-state index contributed by atoms with van der Waals surface area (Å²) in [5, 5.41) is 7.48. The fourth-order valence-electron chi connectivity index (χ4n) is 2.70. The van der Waals surface area contributed by atoms with Crippen LogP contribution >= 0.6 is 11.6 Å². The van der Waals surface area contributed by atoms with Crippen LogP contribution in [0.4, 0.5) is 0 Å². The van der Waals surface area contributed by atoms with Gasteiger partial charge in [-0.05, 0) is 23.8 Å². The summed E-state index contributed by atoms with van der Waals surface area (Å²) in [5.41, 5.74) is 2.95. The van der Waals surface area contributed by atoms with Crippen molar-refractivity contribution in [2.75, 3.05) is 0 Å². The molecule has 25 heavy (non-hydrogen) atoms. The lowest BCUT2D eigenvalue weighted by Gasteiger charge is -2.21. The standard InChI is InChI=1S/C19H14ClN3O2/c20-14-9-7-13(8-10-14)16-17-18(25-23-16)19(24)22-15(21-17)11-6-12-4-2-1-3-5-12/h1-11,15,18H,(H,22,24)/b11-6+. The Morgan fingerprint density at radius 2 is 1.84 bits per heavy atom.